The fourth-order valence-corrected chi connectivity index (χ4v) is 1.63. The van der Waals surface area contributed by atoms with Crippen LogP contribution in [0.15, 0.2) is 12.2 Å². The minimum Gasteiger partial charge on any atom is -0.433 e. The third kappa shape index (κ3) is 3.12. The predicted octanol–water partition coefficient (Wildman–Crippen LogP) is 2.41. The van der Waals surface area contributed by atoms with Crippen LogP contribution in [0.4, 0.5) is 0 Å². The molecule has 1 heterocycles. The lowest BCUT2D eigenvalue weighted by Gasteiger charge is -2.27. The molecule has 1 rings (SSSR count). The van der Waals surface area contributed by atoms with Crippen molar-refractivity contribution in [3.05, 3.63) is 12.2 Å². The Morgan fingerprint density at radius 1 is 1.50 bits per heavy atom. The Balaban J connectivity index is 2.78. The van der Waals surface area contributed by atoms with E-state index in [4.69, 9.17) is 9.47 Å². The summed E-state index contributed by atoms with van der Waals surface area (Å²) < 4.78 is 10.9. The number of aliphatic hydroxyl groups excluding tert-OH is 1. The van der Waals surface area contributed by atoms with Crippen molar-refractivity contribution in [2.45, 2.75) is 65.5 Å². The third-order valence-corrected chi connectivity index (χ3v) is 3.02. The fraction of sp³-hybridized carbons (Fsp3) is 0.786. The number of ether oxygens (including phenoxy) is 2. The lowest BCUT2D eigenvalue weighted by Crippen LogP contribution is -2.44. The van der Waals surface area contributed by atoms with Crippen molar-refractivity contribution in [2.24, 2.45) is 5.41 Å². The molecule has 104 valence electrons. The smallest absolute Gasteiger partial charge is 0.343 e. The van der Waals surface area contributed by atoms with Gasteiger partial charge in [-0.2, -0.15) is 0 Å². The maximum atomic E-state index is 11.9. The van der Waals surface area contributed by atoms with Crippen LogP contribution in [-0.4, -0.2) is 29.1 Å². The first-order valence-electron chi connectivity index (χ1n) is 6.45. The van der Waals surface area contributed by atoms with Gasteiger partial charge < -0.3 is 14.6 Å². The van der Waals surface area contributed by atoms with Gasteiger partial charge in [-0.05, 0) is 13.3 Å². The van der Waals surface area contributed by atoms with Crippen molar-refractivity contribution in [1.82, 2.24) is 0 Å². The molecule has 0 bridgehead atoms. The first kappa shape index (κ1) is 15.2. The Hall–Kier alpha value is -0.870. The molecule has 18 heavy (non-hydrogen) atoms. The summed E-state index contributed by atoms with van der Waals surface area (Å²) in [6, 6.07) is 0. The van der Waals surface area contributed by atoms with Gasteiger partial charge in [-0.1, -0.05) is 46.3 Å². The molecule has 0 spiro atoms. The van der Waals surface area contributed by atoms with Crippen molar-refractivity contribution in [3.8, 4) is 0 Å². The monoisotopic (exact) mass is 256 g/mol. The summed E-state index contributed by atoms with van der Waals surface area (Å²) in [6.07, 6.45) is 3.72. The molecule has 0 aliphatic carbocycles. The fourth-order valence-electron chi connectivity index (χ4n) is 1.63. The largest absolute Gasteiger partial charge is 0.433 e. The topological polar surface area (TPSA) is 55.8 Å². The van der Waals surface area contributed by atoms with Gasteiger partial charge in [-0.25, -0.2) is 4.79 Å². The van der Waals surface area contributed by atoms with E-state index in [-0.39, 0.29) is 5.41 Å². The lowest BCUT2D eigenvalue weighted by molar-refractivity contribution is -0.160. The van der Waals surface area contributed by atoms with Crippen LogP contribution in [0.5, 0.6) is 0 Å². The van der Waals surface area contributed by atoms with E-state index in [1.807, 2.05) is 26.8 Å². The number of rotatable bonds is 4. The van der Waals surface area contributed by atoms with E-state index >= 15 is 0 Å². The van der Waals surface area contributed by atoms with Gasteiger partial charge in [-0.15, -0.1) is 0 Å². The highest BCUT2D eigenvalue weighted by Gasteiger charge is 2.53. The molecule has 0 aromatic heterocycles. The van der Waals surface area contributed by atoms with Crippen molar-refractivity contribution in [1.29, 1.82) is 0 Å². The number of carbonyl (C=O) groups is 1. The minimum absolute atomic E-state index is 0.305. The third-order valence-electron chi connectivity index (χ3n) is 3.02. The Labute approximate surface area is 109 Å². The summed E-state index contributed by atoms with van der Waals surface area (Å²) in [5.74, 6) is -0.504. The maximum Gasteiger partial charge on any atom is 0.343 e. The molecule has 4 heteroatoms. The van der Waals surface area contributed by atoms with Crippen LogP contribution in [0, 0.1) is 5.41 Å². The zero-order valence-corrected chi connectivity index (χ0v) is 11.9. The molecule has 1 aliphatic heterocycles. The average Bonchev–Trinajstić information content (AvgIpc) is 2.56. The minimum atomic E-state index is -1.30. The van der Waals surface area contributed by atoms with E-state index in [9.17, 15) is 9.90 Å². The van der Waals surface area contributed by atoms with Crippen LogP contribution in [0.3, 0.4) is 0 Å². The number of hydrogen-bond donors (Lipinski definition) is 1. The summed E-state index contributed by atoms with van der Waals surface area (Å²) in [7, 11) is 0. The summed E-state index contributed by atoms with van der Waals surface area (Å²) in [4.78, 5) is 11.9. The zero-order valence-electron chi connectivity index (χ0n) is 11.9. The van der Waals surface area contributed by atoms with Gasteiger partial charge in [0.05, 0.1) is 0 Å². The summed E-state index contributed by atoms with van der Waals surface area (Å²) >= 11 is 0. The quantitative estimate of drug-likeness (QED) is 0.620. The van der Waals surface area contributed by atoms with E-state index in [0.29, 0.717) is 0 Å². The summed E-state index contributed by atoms with van der Waals surface area (Å²) in [5.41, 5.74) is -1.61. The van der Waals surface area contributed by atoms with Crippen LogP contribution in [-0.2, 0) is 14.3 Å². The zero-order chi connectivity index (χ0) is 14.0. The van der Waals surface area contributed by atoms with Gasteiger partial charge in [0.25, 0.3) is 0 Å². The van der Waals surface area contributed by atoms with Crippen LogP contribution in [0.2, 0.25) is 0 Å². The van der Waals surface area contributed by atoms with Gasteiger partial charge in [0.15, 0.2) is 5.60 Å². The normalized spacial score (nSPS) is 30.8. The van der Waals surface area contributed by atoms with E-state index < -0.39 is 24.0 Å². The van der Waals surface area contributed by atoms with E-state index in [0.717, 1.165) is 12.8 Å². The van der Waals surface area contributed by atoms with Gasteiger partial charge in [0, 0.05) is 5.41 Å². The van der Waals surface area contributed by atoms with E-state index in [1.165, 1.54) is 0 Å². The van der Waals surface area contributed by atoms with Crippen molar-refractivity contribution in [2.75, 3.05) is 0 Å². The Bertz CT molecular complexity index is 329. The Morgan fingerprint density at radius 2 is 2.11 bits per heavy atom. The molecule has 1 N–H and O–H groups in total. The molecule has 4 nitrogen and oxygen atoms in total. The molecule has 0 aromatic carbocycles. The van der Waals surface area contributed by atoms with Gasteiger partial charge in [-0.3, -0.25) is 0 Å². The van der Waals surface area contributed by atoms with E-state index in [2.05, 4.69) is 6.92 Å². The van der Waals surface area contributed by atoms with Crippen LogP contribution >= 0.6 is 0 Å². The molecule has 0 radical (unpaired) electrons. The number of unbranched alkanes of at least 4 members (excludes halogenated alkanes) is 1. The van der Waals surface area contributed by atoms with Crippen molar-refractivity contribution >= 4 is 5.97 Å². The first-order chi connectivity index (χ1) is 8.21. The second-order valence-corrected chi connectivity index (χ2v) is 5.99. The highest BCUT2D eigenvalue weighted by Crippen LogP contribution is 2.36. The molecule has 0 saturated carbocycles. The Kier molecular flexibility index (Phi) is 4.56. The second-order valence-electron chi connectivity index (χ2n) is 5.99. The number of hydrogen-bond acceptors (Lipinski definition) is 4. The van der Waals surface area contributed by atoms with Crippen molar-refractivity contribution in [3.63, 3.8) is 0 Å². The molecular weight excluding hydrogens is 232 g/mol. The molecule has 3 atom stereocenters. The van der Waals surface area contributed by atoms with Gasteiger partial charge in [0.1, 0.15) is 6.10 Å². The van der Waals surface area contributed by atoms with Crippen molar-refractivity contribution < 1.29 is 19.4 Å². The summed E-state index contributed by atoms with van der Waals surface area (Å²) in [6.45, 7) is 9.40. The highest BCUT2D eigenvalue weighted by molar-refractivity contribution is 5.82. The number of allylic oxidation sites excluding steroid dienone is 1. The molecule has 0 aromatic rings. The second kappa shape index (κ2) is 5.41. The van der Waals surface area contributed by atoms with Crippen LogP contribution in [0.25, 0.3) is 0 Å². The molecule has 0 amide bonds. The SMILES string of the molecule is CCC/C=C/C(O)[C@@]1(C)O[C@H](C(C)(C)C)OC1=O. The standard InChI is InChI=1S/C14H24O4/c1-6-7-8-9-10(15)14(5)11(16)17-12(18-14)13(2,3)4/h8-10,12,15H,6-7H2,1-5H3/b9-8+/t10?,12-,14-/m1/s1. The van der Waals surface area contributed by atoms with Gasteiger partial charge in [0.2, 0.25) is 6.29 Å². The molecular formula is C14H24O4. The number of carbonyl (C=O) groups excluding carboxylic acids is 1. The molecule has 1 fully saturated rings. The number of esters is 1. The molecule has 1 saturated heterocycles. The average molecular weight is 256 g/mol. The molecule has 1 aliphatic rings. The Morgan fingerprint density at radius 3 is 2.56 bits per heavy atom. The number of aliphatic hydroxyl groups is 1. The maximum absolute atomic E-state index is 11.9. The van der Waals surface area contributed by atoms with Crippen LogP contribution in [0.1, 0.15) is 47.5 Å². The van der Waals surface area contributed by atoms with Crippen LogP contribution < -0.4 is 0 Å². The lowest BCUT2D eigenvalue weighted by atomic mass is 9.95. The highest BCUT2D eigenvalue weighted by atomic mass is 16.8. The van der Waals surface area contributed by atoms with Gasteiger partial charge >= 0.3 is 5.97 Å². The first-order valence-corrected chi connectivity index (χ1v) is 6.45. The predicted molar refractivity (Wildman–Crippen MR) is 68.9 cm³/mol. The summed E-state index contributed by atoms with van der Waals surface area (Å²) in [5, 5.41) is 10.1. The van der Waals surface area contributed by atoms with E-state index in [1.54, 1.807) is 13.0 Å². The molecule has 1 unspecified atom stereocenters. The number of cyclic esters (lactones) is 1.